The number of rotatable bonds is 2. The molecule has 140 valence electrons. The van der Waals surface area contributed by atoms with Crippen LogP contribution in [0.25, 0.3) is 0 Å². The van der Waals surface area contributed by atoms with Crippen LogP contribution in [0.1, 0.15) is 28.1 Å². The Morgan fingerprint density at radius 3 is 2.67 bits per heavy atom. The molecule has 0 spiro atoms. The van der Waals surface area contributed by atoms with Gasteiger partial charge in [-0.25, -0.2) is 8.78 Å². The molecule has 0 bridgehead atoms. The molecule has 2 aliphatic heterocycles. The average molecular weight is 388 g/mol. The Bertz CT molecular complexity index is 893. The van der Waals surface area contributed by atoms with Crippen molar-refractivity contribution in [1.82, 2.24) is 5.32 Å². The number of halogens is 2. The van der Waals surface area contributed by atoms with Crippen molar-refractivity contribution in [2.24, 2.45) is 10.9 Å². The molecule has 2 aromatic rings. The molecule has 0 radical (unpaired) electrons. The highest BCUT2D eigenvalue weighted by atomic mass is 32.2. The molecule has 2 heterocycles. The number of alkyl halides is 1. The summed E-state index contributed by atoms with van der Waals surface area (Å²) < 4.78 is 34.2. The lowest BCUT2D eigenvalue weighted by Gasteiger charge is -2.37. The van der Waals surface area contributed by atoms with Crippen LogP contribution >= 0.6 is 11.8 Å². The maximum Gasteiger partial charge on any atom is 0.257 e. The molecule has 1 N–H and O–H groups in total. The molecule has 0 aliphatic carbocycles. The van der Waals surface area contributed by atoms with Gasteiger partial charge in [0.05, 0.1) is 23.3 Å². The molecule has 4 atom stereocenters. The van der Waals surface area contributed by atoms with Gasteiger partial charge in [0.1, 0.15) is 5.82 Å². The highest BCUT2D eigenvalue weighted by Gasteiger charge is 2.55. The maximum absolute atomic E-state index is 14.5. The van der Waals surface area contributed by atoms with E-state index in [9.17, 15) is 13.6 Å². The summed E-state index contributed by atoms with van der Waals surface area (Å²) in [6, 6.07) is 15.0. The molecule has 7 heteroatoms. The van der Waals surface area contributed by atoms with Gasteiger partial charge in [-0.2, -0.15) is 0 Å². The van der Waals surface area contributed by atoms with Gasteiger partial charge in [-0.1, -0.05) is 48.2 Å². The zero-order valence-electron chi connectivity index (χ0n) is 14.6. The molecule has 0 saturated carbocycles. The monoisotopic (exact) mass is 388 g/mol. The summed E-state index contributed by atoms with van der Waals surface area (Å²) in [5, 5.41) is 2.56. The van der Waals surface area contributed by atoms with E-state index in [-0.39, 0.29) is 12.5 Å². The highest BCUT2D eigenvalue weighted by Crippen LogP contribution is 2.53. The number of carbonyl (C=O) groups excluding carboxylic acids is 1. The number of nitrogens with zero attached hydrogens (tertiary/aromatic N) is 1. The van der Waals surface area contributed by atoms with Crippen molar-refractivity contribution in [3.05, 3.63) is 71.5 Å². The Kier molecular flexibility index (Phi) is 4.74. The first-order valence-corrected chi connectivity index (χ1v) is 9.49. The summed E-state index contributed by atoms with van der Waals surface area (Å²) in [5.74, 6) is -1.37. The number of thioether (sulfide) groups is 1. The Balaban J connectivity index is 1.68. The second kappa shape index (κ2) is 7.05. The van der Waals surface area contributed by atoms with E-state index in [1.807, 2.05) is 6.07 Å². The number of amidine groups is 1. The van der Waals surface area contributed by atoms with Gasteiger partial charge < -0.3 is 10.1 Å². The normalized spacial score (nSPS) is 29.7. The third kappa shape index (κ3) is 3.37. The smallest absolute Gasteiger partial charge is 0.257 e. The number of hydrogen-bond acceptors (Lipinski definition) is 4. The number of nitrogens with one attached hydrogen (secondary N) is 1. The fourth-order valence-corrected chi connectivity index (χ4v) is 5.07. The molecule has 2 aromatic carbocycles. The van der Waals surface area contributed by atoms with Crippen LogP contribution in [-0.2, 0) is 4.74 Å². The number of ether oxygens (including phenoxy) is 1. The van der Waals surface area contributed by atoms with Gasteiger partial charge in [0.25, 0.3) is 5.91 Å². The largest absolute Gasteiger partial charge is 0.345 e. The Morgan fingerprint density at radius 1 is 1.22 bits per heavy atom. The zero-order chi connectivity index (χ0) is 19.0. The lowest BCUT2D eigenvalue weighted by Crippen LogP contribution is -2.44. The fourth-order valence-electron chi connectivity index (χ4n) is 3.53. The van der Waals surface area contributed by atoms with Gasteiger partial charge in [-0.05, 0) is 25.1 Å². The van der Waals surface area contributed by atoms with Gasteiger partial charge in [-0.3, -0.25) is 9.79 Å². The van der Waals surface area contributed by atoms with E-state index >= 15 is 0 Å². The molecule has 2 aliphatic rings. The van der Waals surface area contributed by atoms with E-state index in [1.165, 1.54) is 6.07 Å². The zero-order valence-corrected chi connectivity index (χ0v) is 15.4. The number of amides is 1. The van der Waals surface area contributed by atoms with Crippen LogP contribution in [-0.4, -0.2) is 29.6 Å². The van der Waals surface area contributed by atoms with Crippen molar-refractivity contribution < 1.29 is 18.3 Å². The lowest BCUT2D eigenvalue weighted by atomic mass is 9.83. The number of aliphatic imine (C=N–C) groups is 1. The van der Waals surface area contributed by atoms with Crippen molar-refractivity contribution in [3.63, 3.8) is 0 Å². The molecular formula is C20H18F2N2O2S. The molecule has 27 heavy (non-hydrogen) atoms. The van der Waals surface area contributed by atoms with E-state index in [2.05, 4.69) is 10.3 Å². The van der Waals surface area contributed by atoms with Crippen LogP contribution in [0.5, 0.6) is 0 Å². The summed E-state index contributed by atoms with van der Waals surface area (Å²) in [5.41, 5.74) is -0.00788. The van der Waals surface area contributed by atoms with Crippen molar-refractivity contribution in [2.45, 2.75) is 24.1 Å². The van der Waals surface area contributed by atoms with Gasteiger partial charge >= 0.3 is 0 Å². The number of fused-ring (bicyclic) bond motifs is 1. The summed E-state index contributed by atoms with van der Waals surface area (Å²) in [4.78, 5) is 17.1. The molecular weight excluding hydrogens is 370 g/mol. The third-order valence-electron chi connectivity index (χ3n) is 4.93. The molecule has 1 amide bonds. The van der Waals surface area contributed by atoms with Crippen LogP contribution in [0.4, 0.5) is 8.78 Å². The summed E-state index contributed by atoms with van der Waals surface area (Å²) in [7, 11) is 0. The molecule has 1 saturated heterocycles. The molecule has 1 unspecified atom stereocenters. The van der Waals surface area contributed by atoms with Crippen LogP contribution in [0.3, 0.4) is 0 Å². The second-order valence-corrected chi connectivity index (χ2v) is 7.97. The molecule has 4 nitrogen and oxygen atoms in total. The number of hydrogen-bond donors (Lipinski definition) is 1. The minimum Gasteiger partial charge on any atom is -0.345 e. The predicted octanol–water partition coefficient (Wildman–Crippen LogP) is 4.10. The minimum absolute atomic E-state index is 0.0784. The molecule has 1 fully saturated rings. The van der Waals surface area contributed by atoms with E-state index in [0.717, 1.165) is 11.8 Å². The lowest BCUT2D eigenvalue weighted by molar-refractivity contribution is -0.0150. The van der Waals surface area contributed by atoms with Crippen molar-refractivity contribution in [3.8, 4) is 0 Å². The SMILES string of the molecule is C[C@@]12CO[C@@H](F)[C@H]1C(c1ccccc1F)SC(NC(=O)c1ccccc1)=N2. The standard InChI is InChI=1S/C20H18F2N2O2S/c1-20-11-26-17(22)15(20)16(13-9-5-6-10-14(13)21)27-19(24-20)23-18(25)12-7-3-2-4-8-12/h2-10,15-17H,11H2,1H3,(H,23,24,25)/t15-,16?,17-,20-/m1/s1. The molecule has 0 aromatic heterocycles. The Morgan fingerprint density at radius 2 is 1.93 bits per heavy atom. The van der Waals surface area contributed by atoms with Crippen molar-refractivity contribution in [2.75, 3.05) is 6.61 Å². The first-order valence-electron chi connectivity index (χ1n) is 8.61. The van der Waals surface area contributed by atoms with Gasteiger partial charge in [0, 0.05) is 11.1 Å². The summed E-state index contributed by atoms with van der Waals surface area (Å²) in [6.07, 6.45) is -1.54. The Labute approximate surface area is 160 Å². The topological polar surface area (TPSA) is 50.7 Å². The second-order valence-electron chi connectivity index (χ2n) is 6.84. The number of carbonyl (C=O) groups is 1. The van der Waals surface area contributed by atoms with E-state index in [0.29, 0.717) is 16.3 Å². The first kappa shape index (κ1) is 18.1. The van der Waals surface area contributed by atoms with Crippen LogP contribution < -0.4 is 5.32 Å². The quantitative estimate of drug-likeness (QED) is 0.843. The van der Waals surface area contributed by atoms with E-state index < -0.39 is 28.9 Å². The van der Waals surface area contributed by atoms with Crippen LogP contribution in [0.15, 0.2) is 59.6 Å². The summed E-state index contributed by atoms with van der Waals surface area (Å²) in [6.45, 7) is 1.86. The molecule has 4 rings (SSSR count). The highest BCUT2D eigenvalue weighted by molar-refractivity contribution is 8.14. The van der Waals surface area contributed by atoms with Gasteiger partial charge in [-0.15, -0.1) is 0 Å². The summed E-state index contributed by atoms with van der Waals surface area (Å²) >= 11 is 1.16. The minimum atomic E-state index is -1.54. The average Bonchev–Trinajstić information content (AvgIpc) is 2.97. The maximum atomic E-state index is 14.5. The predicted molar refractivity (Wildman–Crippen MR) is 101 cm³/mol. The van der Waals surface area contributed by atoms with Crippen molar-refractivity contribution in [1.29, 1.82) is 0 Å². The number of benzene rings is 2. The van der Waals surface area contributed by atoms with Crippen LogP contribution in [0.2, 0.25) is 0 Å². The fraction of sp³-hybridized carbons (Fsp3) is 0.300. The van der Waals surface area contributed by atoms with E-state index in [1.54, 1.807) is 49.4 Å². The Hall–Kier alpha value is -2.25. The van der Waals surface area contributed by atoms with Gasteiger partial charge in [0.2, 0.25) is 6.36 Å². The van der Waals surface area contributed by atoms with Gasteiger partial charge in [0.15, 0.2) is 5.17 Å². The van der Waals surface area contributed by atoms with Crippen LogP contribution in [0, 0.1) is 11.7 Å². The van der Waals surface area contributed by atoms with E-state index in [4.69, 9.17) is 4.74 Å². The van der Waals surface area contributed by atoms with Crippen molar-refractivity contribution >= 4 is 22.8 Å². The third-order valence-corrected chi connectivity index (χ3v) is 6.14. The first-order chi connectivity index (χ1) is 13.0.